The number of ether oxygens (including phenoxy) is 1. The summed E-state index contributed by atoms with van der Waals surface area (Å²) in [7, 11) is 1.57. The van der Waals surface area contributed by atoms with Gasteiger partial charge in [0.25, 0.3) is 0 Å². The Bertz CT molecular complexity index is 730. The van der Waals surface area contributed by atoms with Gasteiger partial charge < -0.3 is 14.7 Å². The molecule has 1 N–H and O–H groups in total. The molecule has 3 atom stereocenters. The van der Waals surface area contributed by atoms with Gasteiger partial charge in [-0.3, -0.25) is 9.69 Å². The van der Waals surface area contributed by atoms with E-state index in [1.165, 1.54) is 25.7 Å². The molecule has 1 aliphatic carbocycles. The summed E-state index contributed by atoms with van der Waals surface area (Å²) in [5.74, 6) is 1.51. The maximum absolute atomic E-state index is 13.5. The van der Waals surface area contributed by atoms with Gasteiger partial charge in [-0.05, 0) is 56.3 Å². The number of amides is 1. The van der Waals surface area contributed by atoms with Gasteiger partial charge in [-0.2, -0.15) is 0 Å². The van der Waals surface area contributed by atoms with Crippen molar-refractivity contribution in [1.82, 2.24) is 9.80 Å². The third kappa shape index (κ3) is 2.10. The monoisotopic (exact) mass is 356 g/mol. The van der Waals surface area contributed by atoms with Gasteiger partial charge in [-0.25, -0.2) is 0 Å². The molecule has 4 fully saturated rings. The number of benzene rings is 1. The van der Waals surface area contributed by atoms with Crippen molar-refractivity contribution in [2.75, 3.05) is 20.2 Å². The van der Waals surface area contributed by atoms with Crippen molar-refractivity contribution in [3.63, 3.8) is 0 Å². The van der Waals surface area contributed by atoms with Gasteiger partial charge in [-0.1, -0.05) is 18.9 Å². The van der Waals surface area contributed by atoms with Crippen LogP contribution in [-0.4, -0.2) is 52.6 Å². The number of hydrogen-bond donors (Lipinski definition) is 1. The van der Waals surface area contributed by atoms with E-state index >= 15 is 0 Å². The molecule has 1 saturated carbocycles. The van der Waals surface area contributed by atoms with Gasteiger partial charge in [0.2, 0.25) is 5.91 Å². The summed E-state index contributed by atoms with van der Waals surface area (Å²) in [5, 5.41) is 10.2. The van der Waals surface area contributed by atoms with Crippen molar-refractivity contribution in [3.8, 4) is 11.5 Å². The lowest BCUT2D eigenvalue weighted by atomic mass is 9.85. The number of nitrogens with zero attached hydrogens (tertiary/aromatic N) is 2. The maximum atomic E-state index is 13.5. The Kier molecular flexibility index (Phi) is 3.71. The van der Waals surface area contributed by atoms with Crippen molar-refractivity contribution in [2.45, 2.75) is 62.6 Å². The summed E-state index contributed by atoms with van der Waals surface area (Å²) in [6.07, 6.45) is 8.01. The maximum Gasteiger partial charge on any atom is 0.243 e. The fraction of sp³-hybridized carbons (Fsp3) is 0.667. The van der Waals surface area contributed by atoms with Crippen molar-refractivity contribution in [2.24, 2.45) is 5.92 Å². The van der Waals surface area contributed by atoms with Gasteiger partial charge in [0.05, 0.1) is 7.11 Å². The summed E-state index contributed by atoms with van der Waals surface area (Å²) in [4.78, 5) is 18.2. The summed E-state index contributed by atoms with van der Waals surface area (Å²) < 4.78 is 5.19. The second kappa shape index (κ2) is 5.88. The van der Waals surface area contributed by atoms with Crippen LogP contribution in [0.3, 0.4) is 0 Å². The highest BCUT2D eigenvalue weighted by molar-refractivity contribution is 5.90. The number of phenolic OH excluding ortho intramolecular Hbond substituents is 1. The minimum Gasteiger partial charge on any atom is -0.504 e. The van der Waals surface area contributed by atoms with E-state index in [0.29, 0.717) is 23.6 Å². The molecule has 5 heteroatoms. The highest BCUT2D eigenvalue weighted by Crippen LogP contribution is 2.57. The molecule has 3 aliphatic heterocycles. The number of phenols is 1. The minimum absolute atomic E-state index is 0.189. The van der Waals surface area contributed by atoms with Crippen LogP contribution in [-0.2, 0) is 4.79 Å². The summed E-state index contributed by atoms with van der Waals surface area (Å²) in [6, 6.07) is 6.43. The van der Waals surface area contributed by atoms with E-state index in [-0.39, 0.29) is 17.3 Å². The van der Waals surface area contributed by atoms with Gasteiger partial charge in [0.1, 0.15) is 5.54 Å². The number of carbonyl (C=O) groups excluding carboxylic acids is 1. The van der Waals surface area contributed by atoms with Crippen LogP contribution in [0.15, 0.2) is 18.2 Å². The third-order valence-corrected chi connectivity index (χ3v) is 7.43. The third-order valence-electron chi connectivity index (χ3n) is 7.43. The van der Waals surface area contributed by atoms with E-state index < -0.39 is 0 Å². The second-order valence-electron chi connectivity index (χ2n) is 8.50. The molecule has 1 amide bonds. The number of rotatable bonds is 3. The van der Waals surface area contributed by atoms with E-state index in [1.54, 1.807) is 7.11 Å². The van der Waals surface area contributed by atoms with Gasteiger partial charge in [0, 0.05) is 24.5 Å². The van der Waals surface area contributed by atoms with Gasteiger partial charge in [0.15, 0.2) is 11.5 Å². The fourth-order valence-corrected chi connectivity index (χ4v) is 6.29. The topological polar surface area (TPSA) is 53.0 Å². The molecule has 1 aromatic carbocycles. The van der Waals surface area contributed by atoms with Crippen LogP contribution in [0.2, 0.25) is 0 Å². The number of methoxy groups -OCH3 is 1. The first-order valence-electron chi connectivity index (χ1n) is 10.1. The summed E-state index contributed by atoms with van der Waals surface area (Å²) >= 11 is 0. The van der Waals surface area contributed by atoms with Gasteiger partial charge >= 0.3 is 0 Å². The molecule has 0 unspecified atom stereocenters. The Morgan fingerprint density at radius 2 is 2.04 bits per heavy atom. The van der Waals surface area contributed by atoms with E-state index in [1.807, 2.05) is 12.1 Å². The molecule has 0 bridgehead atoms. The van der Waals surface area contributed by atoms with Crippen LogP contribution >= 0.6 is 0 Å². The number of hydrogen-bond acceptors (Lipinski definition) is 4. The minimum atomic E-state index is -0.275. The summed E-state index contributed by atoms with van der Waals surface area (Å²) in [5.41, 5.74) is 0.835. The van der Waals surface area contributed by atoms with Crippen LogP contribution < -0.4 is 4.74 Å². The lowest BCUT2D eigenvalue weighted by Gasteiger charge is -2.35. The van der Waals surface area contributed by atoms with Crippen molar-refractivity contribution >= 4 is 5.91 Å². The molecule has 1 aromatic rings. The average molecular weight is 356 g/mol. The molecular weight excluding hydrogens is 328 g/mol. The fourth-order valence-electron chi connectivity index (χ4n) is 6.29. The molecule has 5 nitrogen and oxygen atoms in total. The van der Waals surface area contributed by atoms with E-state index in [4.69, 9.17) is 4.74 Å². The standard InChI is InChI=1S/C21H28N2O3/c1-26-19-8-7-14(11-18(19)24)17-12-15-13-22(16-5-2-3-6-16)20(25)21(15)9-4-10-23(17)21/h7-8,11,15-17,24H,2-6,9-10,12-13H2,1H3/t15-,17-,21-/m0/s1. The summed E-state index contributed by atoms with van der Waals surface area (Å²) in [6.45, 7) is 1.91. The molecule has 26 heavy (non-hydrogen) atoms. The van der Waals surface area contributed by atoms with Crippen LogP contribution in [0.1, 0.15) is 56.6 Å². The zero-order valence-electron chi connectivity index (χ0n) is 15.5. The van der Waals surface area contributed by atoms with Gasteiger partial charge in [-0.15, -0.1) is 0 Å². The Morgan fingerprint density at radius 1 is 1.23 bits per heavy atom. The van der Waals surface area contributed by atoms with Crippen molar-refractivity contribution in [1.29, 1.82) is 0 Å². The SMILES string of the molecule is COc1ccc([C@@H]2C[C@H]3CN(C4CCCC4)C(=O)[C@]34CCCN24)cc1O. The Balaban J connectivity index is 1.46. The molecule has 4 aliphatic rings. The Morgan fingerprint density at radius 3 is 2.77 bits per heavy atom. The van der Waals surface area contributed by atoms with Crippen LogP contribution in [0.5, 0.6) is 11.5 Å². The highest BCUT2D eigenvalue weighted by Gasteiger charge is 2.65. The molecular formula is C21H28N2O3. The van der Waals surface area contributed by atoms with Crippen LogP contribution in [0, 0.1) is 5.92 Å². The van der Waals surface area contributed by atoms with E-state index in [0.717, 1.165) is 37.9 Å². The molecule has 0 radical (unpaired) electrons. The van der Waals surface area contributed by atoms with E-state index in [2.05, 4.69) is 15.9 Å². The quantitative estimate of drug-likeness (QED) is 0.904. The predicted octanol–water partition coefficient (Wildman–Crippen LogP) is 3.08. The van der Waals surface area contributed by atoms with Crippen LogP contribution in [0.4, 0.5) is 0 Å². The molecule has 5 rings (SSSR count). The lowest BCUT2D eigenvalue weighted by Crippen LogP contribution is -2.51. The zero-order valence-corrected chi connectivity index (χ0v) is 15.5. The average Bonchev–Trinajstić information content (AvgIpc) is 3.38. The van der Waals surface area contributed by atoms with Crippen molar-refractivity contribution in [3.05, 3.63) is 23.8 Å². The van der Waals surface area contributed by atoms with E-state index in [9.17, 15) is 9.90 Å². The highest BCUT2D eigenvalue weighted by atomic mass is 16.5. The predicted molar refractivity (Wildman–Crippen MR) is 98.1 cm³/mol. The number of carbonyl (C=O) groups is 1. The molecule has 140 valence electrons. The first-order valence-corrected chi connectivity index (χ1v) is 10.1. The molecule has 1 spiro atoms. The normalized spacial score (nSPS) is 34.5. The smallest absolute Gasteiger partial charge is 0.243 e. The Hall–Kier alpha value is -1.75. The first kappa shape index (κ1) is 16.4. The number of likely N-dealkylation sites (tertiary alicyclic amines) is 1. The molecule has 3 heterocycles. The lowest BCUT2D eigenvalue weighted by molar-refractivity contribution is -0.138. The van der Waals surface area contributed by atoms with Crippen LogP contribution in [0.25, 0.3) is 0 Å². The zero-order chi connectivity index (χ0) is 17.9. The van der Waals surface area contributed by atoms with Crippen molar-refractivity contribution < 1.29 is 14.6 Å². The molecule has 3 saturated heterocycles. The Labute approximate surface area is 154 Å². The molecule has 0 aromatic heterocycles. The number of aromatic hydroxyl groups is 1. The first-order chi connectivity index (χ1) is 12.6. The largest absolute Gasteiger partial charge is 0.504 e. The second-order valence-corrected chi connectivity index (χ2v) is 8.50.